The van der Waals surface area contributed by atoms with Crippen LogP contribution in [0.1, 0.15) is 20.8 Å². The number of carbonyl (C=O) groups is 2. The summed E-state index contributed by atoms with van der Waals surface area (Å²) in [6.07, 6.45) is 0. The molecule has 1 amide bonds. The number of rotatable bonds is 6. The zero-order chi connectivity index (χ0) is 10.3. The molecule has 0 unspecified atom stereocenters. The van der Waals surface area contributed by atoms with Crippen LogP contribution in [0.2, 0.25) is 0 Å². The molecule has 0 aromatic carbocycles. The molecule has 0 saturated heterocycles. The van der Waals surface area contributed by atoms with E-state index >= 15 is 0 Å². The van der Waals surface area contributed by atoms with Gasteiger partial charge in [-0.05, 0) is 6.92 Å². The first-order valence-corrected chi connectivity index (χ1v) is 4.52. The van der Waals surface area contributed by atoms with E-state index in [0.29, 0.717) is 19.6 Å². The average molecular weight is 186 g/mol. The molecule has 13 heavy (non-hydrogen) atoms. The van der Waals surface area contributed by atoms with Gasteiger partial charge in [-0.3, -0.25) is 9.59 Å². The third-order valence-electron chi connectivity index (χ3n) is 1.50. The van der Waals surface area contributed by atoms with Crippen molar-refractivity contribution in [3.8, 4) is 0 Å². The van der Waals surface area contributed by atoms with E-state index in [0.717, 1.165) is 0 Å². The molecule has 0 rings (SSSR count). The van der Waals surface area contributed by atoms with Gasteiger partial charge < -0.3 is 10.6 Å². The molecule has 0 aliphatic heterocycles. The minimum Gasteiger partial charge on any atom is -0.355 e. The fourth-order valence-electron chi connectivity index (χ4n) is 0.743. The number of nitrogens with one attached hydrogen (secondary N) is 2. The van der Waals surface area contributed by atoms with Crippen molar-refractivity contribution in [3.05, 3.63) is 0 Å². The third kappa shape index (κ3) is 7.46. The van der Waals surface area contributed by atoms with Crippen LogP contribution in [0.3, 0.4) is 0 Å². The lowest BCUT2D eigenvalue weighted by molar-refractivity contribution is -0.123. The van der Waals surface area contributed by atoms with E-state index < -0.39 is 0 Å². The Morgan fingerprint density at radius 1 is 1.23 bits per heavy atom. The van der Waals surface area contributed by atoms with Crippen molar-refractivity contribution in [2.75, 3.05) is 19.6 Å². The Morgan fingerprint density at radius 2 is 1.85 bits per heavy atom. The maximum atomic E-state index is 11.0. The van der Waals surface area contributed by atoms with Crippen molar-refractivity contribution in [2.45, 2.75) is 20.8 Å². The Morgan fingerprint density at radius 3 is 2.31 bits per heavy atom. The number of carbonyl (C=O) groups excluding carboxylic acids is 2. The van der Waals surface area contributed by atoms with Gasteiger partial charge in [0.1, 0.15) is 5.78 Å². The molecule has 0 atom stereocenters. The number of hydrogen-bond donors (Lipinski definition) is 2. The minimum absolute atomic E-state index is 0.0211. The summed E-state index contributed by atoms with van der Waals surface area (Å²) >= 11 is 0. The Balaban J connectivity index is 3.26. The lowest BCUT2D eigenvalue weighted by Crippen LogP contribution is -2.35. The fourth-order valence-corrected chi connectivity index (χ4v) is 0.743. The highest BCUT2D eigenvalue weighted by molar-refractivity contribution is 5.78. The molecule has 2 N–H and O–H groups in total. The van der Waals surface area contributed by atoms with E-state index in [1.165, 1.54) is 6.92 Å². The Bertz CT molecular complexity index is 178. The smallest absolute Gasteiger partial charge is 0.222 e. The van der Waals surface area contributed by atoms with Crippen LogP contribution < -0.4 is 10.6 Å². The molecule has 0 radical (unpaired) electrons. The Kier molecular flexibility index (Phi) is 6.14. The molecule has 76 valence electrons. The second kappa shape index (κ2) is 6.60. The lowest BCUT2D eigenvalue weighted by Gasteiger charge is -2.07. The van der Waals surface area contributed by atoms with Crippen molar-refractivity contribution in [1.82, 2.24) is 10.6 Å². The molecule has 0 spiro atoms. The van der Waals surface area contributed by atoms with Gasteiger partial charge in [0.15, 0.2) is 0 Å². The van der Waals surface area contributed by atoms with Crippen LogP contribution in [0.5, 0.6) is 0 Å². The van der Waals surface area contributed by atoms with Crippen molar-refractivity contribution >= 4 is 11.7 Å². The van der Waals surface area contributed by atoms with Gasteiger partial charge in [-0.1, -0.05) is 13.8 Å². The van der Waals surface area contributed by atoms with Crippen molar-refractivity contribution in [1.29, 1.82) is 0 Å². The summed E-state index contributed by atoms with van der Waals surface area (Å²) in [7, 11) is 0. The first-order valence-electron chi connectivity index (χ1n) is 4.52. The third-order valence-corrected chi connectivity index (χ3v) is 1.50. The second-order valence-corrected chi connectivity index (χ2v) is 3.32. The van der Waals surface area contributed by atoms with Gasteiger partial charge >= 0.3 is 0 Å². The van der Waals surface area contributed by atoms with Crippen LogP contribution >= 0.6 is 0 Å². The van der Waals surface area contributed by atoms with Gasteiger partial charge in [0.05, 0.1) is 6.54 Å². The van der Waals surface area contributed by atoms with E-state index in [1.54, 1.807) is 0 Å². The van der Waals surface area contributed by atoms with E-state index in [2.05, 4.69) is 10.6 Å². The van der Waals surface area contributed by atoms with Gasteiger partial charge in [-0.2, -0.15) is 0 Å². The molecule has 0 bridgehead atoms. The molecule has 0 fully saturated rings. The highest BCUT2D eigenvalue weighted by Crippen LogP contribution is 1.88. The summed E-state index contributed by atoms with van der Waals surface area (Å²) in [6, 6.07) is 0. The summed E-state index contributed by atoms with van der Waals surface area (Å²) in [6.45, 7) is 6.80. The summed E-state index contributed by atoms with van der Waals surface area (Å²) in [5.41, 5.74) is 0. The molecule has 4 nitrogen and oxygen atoms in total. The number of Topliss-reactive ketones (excluding diaryl/α,β-unsaturated/α-hetero) is 1. The molecule has 0 aromatic rings. The molecule has 0 aromatic heterocycles. The monoisotopic (exact) mass is 186 g/mol. The second-order valence-electron chi connectivity index (χ2n) is 3.32. The predicted molar refractivity (Wildman–Crippen MR) is 51.4 cm³/mol. The summed E-state index contributed by atoms with van der Waals surface area (Å²) in [5.74, 6) is 0.174. The molecule has 0 aliphatic carbocycles. The normalized spacial score (nSPS) is 10.2. The Hall–Kier alpha value is -0.900. The molecular weight excluding hydrogens is 168 g/mol. The van der Waals surface area contributed by atoms with Gasteiger partial charge in [0.2, 0.25) is 5.91 Å². The molecule has 0 heterocycles. The van der Waals surface area contributed by atoms with Crippen LogP contribution in [-0.4, -0.2) is 31.3 Å². The zero-order valence-electron chi connectivity index (χ0n) is 8.52. The average Bonchev–Trinajstić information content (AvgIpc) is 2.02. The van der Waals surface area contributed by atoms with Gasteiger partial charge in [0, 0.05) is 19.0 Å². The van der Waals surface area contributed by atoms with Gasteiger partial charge in [-0.15, -0.1) is 0 Å². The molecular formula is C9H18N2O2. The van der Waals surface area contributed by atoms with Gasteiger partial charge in [0.25, 0.3) is 0 Å². The number of amides is 1. The van der Waals surface area contributed by atoms with E-state index in [-0.39, 0.29) is 17.6 Å². The van der Waals surface area contributed by atoms with Crippen LogP contribution in [0, 0.1) is 5.92 Å². The number of ketones is 1. The fraction of sp³-hybridized carbons (Fsp3) is 0.778. The molecule has 0 saturated carbocycles. The zero-order valence-corrected chi connectivity index (χ0v) is 8.52. The van der Waals surface area contributed by atoms with Crippen LogP contribution in [0.15, 0.2) is 0 Å². The quantitative estimate of drug-likeness (QED) is 0.571. The highest BCUT2D eigenvalue weighted by atomic mass is 16.1. The van der Waals surface area contributed by atoms with Gasteiger partial charge in [-0.25, -0.2) is 0 Å². The summed E-state index contributed by atoms with van der Waals surface area (Å²) in [4.78, 5) is 21.5. The predicted octanol–water partition coefficient (Wildman–Crippen LogP) is -0.0628. The van der Waals surface area contributed by atoms with Crippen molar-refractivity contribution in [3.63, 3.8) is 0 Å². The van der Waals surface area contributed by atoms with E-state index in [9.17, 15) is 9.59 Å². The molecule has 4 heteroatoms. The van der Waals surface area contributed by atoms with E-state index in [4.69, 9.17) is 0 Å². The topological polar surface area (TPSA) is 58.2 Å². The first-order chi connectivity index (χ1) is 6.04. The van der Waals surface area contributed by atoms with Crippen molar-refractivity contribution < 1.29 is 9.59 Å². The lowest BCUT2D eigenvalue weighted by atomic mass is 10.2. The summed E-state index contributed by atoms with van der Waals surface area (Å²) in [5, 5.41) is 5.66. The van der Waals surface area contributed by atoms with Crippen molar-refractivity contribution in [2.24, 2.45) is 5.92 Å². The maximum absolute atomic E-state index is 11.0. The first kappa shape index (κ1) is 12.1. The van der Waals surface area contributed by atoms with Crippen LogP contribution in [0.25, 0.3) is 0 Å². The number of hydrogen-bond acceptors (Lipinski definition) is 3. The van der Waals surface area contributed by atoms with Crippen LogP contribution in [-0.2, 0) is 9.59 Å². The highest BCUT2D eigenvalue weighted by Gasteiger charge is 2.04. The van der Waals surface area contributed by atoms with Crippen LogP contribution in [0.4, 0.5) is 0 Å². The van der Waals surface area contributed by atoms with E-state index in [1.807, 2.05) is 13.8 Å². The molecule has 0 aliphatic rings. The largest absolute Gasteiger partial charge is 0.355 e. The Labute approximate surface area is 79.1 Å². The summed E-state index contributed by atoms with van der Waals surface area (Å²) < 4.78 is 0. The minimum atomic E-state index is 0.0211. The standard InChI is InChI=1S/C9H18N2O2/c1-7(2)9(13)11-5-4-10-6-8(3)12/h7,10H,4-6H2,1-3H3,(H,11,13). The maximum Gasteiger partial charge on any atom is 0.222 e. The SMILES string of the molecule is CC(=O)CNCCNC(=O)C(C)C.